The normalized spacial score (nSPS) is 17.7. The number of aliphatic carboxylic acids is 1. The van der Waals surface area contributed by atoms with E-state index >= 15 is 0 Å². The van der Waals surface area contributed by atoms with Crippen molar-refractivity contribution in [1.82, 2.24) is 9.97 Å². The molecule has 106 valence electrons. The molecule has 3 rings (SSSR count). The molecule has 1 aromatic carbocycles. The maximum absolute atomic E-state index is 11.6. The zero-order chi connectivity index (χ0) is 14.3. The number of nitrogens with zero attached hydrogens (tertiary/aromatic N) is 1. The number of aromatic nitrogens is 2. The molecule has 2 aromatic rings. The number of benzene rings is 1. The molecule has 1 fully saturated rings. The Bertz CT molecular complexity index is 666. The van der Waals surface area contributed by atoms with E-state index in [4.69, 9.17) is 0 Å². The minimum absolute atomic E-state index is 0.509. The Morgan fingerprint density at radius 1 is 1.35 bits per heavy atom. The summed E-state index contributed by atoms with van der Waals surface area (Å²) in [5.74, 6) is 0.126. The van der Waals surface area contributed by atoms with E-state index in [0.29, 0.717) is 6.42 Å². The fourth-order valence-corrected chi connectivity index (χ4v) is 3.44. The number of nitrogens with one attached hydrogen (secondary N) is 1. The molecule has 0 radical (unpaired) electrons. The van der Waals surface area contributed by atoms with E-state index in [9.17, 15) is 9.90 Å². The molecule has 1 saturated carbocycles. The summed E-state index contributed by atoms with van der Waals surface area (Å²) < 4.78 is 0. The van der Waals surface area contributed by atoms with Crippen LogP contribution in [-0.4, -0.2) is 21.0 Å². The highest BCUT2D eigenvalue weighted by Crippen LogP contribution is 2.41. The van der Waals surface area contributed by atoms with Crippen molar-refractivity contribution in [3.8, 4) is 0 Å². The number of aromatic amines is 1. The molecule has 0 unspecified atom stereocenters. The molecule has 2 N–H and O–H groups in total. The van der Waals surface area contributed by atoms with Crippen LogP contribution >= 0.6 is 0 Å². The fourth-order valence-electron chi connectivity index (χ4n) is 3.44. The maximum Gasteiger partial charge on any atom is 0.310 e. The first-order valence-corrected chi connectivity index (χ1v) is 7.19. The van der Waals surface area contributed by atoms with Crippen molar-refractivity contribution in [2.75, 3.05) is 0 Å². The molecule has 0 bridgehead atoms. The average Bonchev–Trinajstić information content (AvgIpc) is 2.97. The molecular weight excluding hydrogens is 252 g/mol. The quantitative estimate of drug-likeness (QED) is 0.900. The highest BCUT2D eigenvalue weighted by atomic mass is 16.4. The number of imidazole rings is 1. The van der Waals surface area contributed by atoms with Gasteiger partial charge in [0.25, 0.3) is 0 Å². The molecule has 1 heterocycles. The van der Waals surface area contributed by atoms with Gasteiger partial charge in [-0.1, -0.05) is 18.9 Å². The minimum atomic E-state index is -0.677. The summed E-state index contributed by atoms with van der Waals surface area (Å²) in [6, 6.07) is 4.18. The van der Waals surface area contributed by atoms with Crippen LogP contribution in [-0.2, 0) is 11.2 Å². The van der Waals surface area contributed by atoms with Crippen LogP contribution in [0.2, 0.25) is 0 Å². The van der Waals surface area contributed by atoms with Crippen molar-refractivity contribution < 1.29 is 9.90 Å². The number of aryl methyl sites for hydroxylation is 2. The van der Waals surface area contributed by atoms with Crippen LogP contribution in [0.15, 0.2) is 12.1 Å². The minimum Gasteiger partial charge on any atom is -0.481 e. The Balaban J connectivity index is 1.98. The second kappa shape index (κ2) is 4.62. The van der Waals surface area contributed by atoms with E-state index in [1.807, 2.05) is 6.92 Å². The van der Waals surface area contributed by atoms with Crippen LogP contribution in [0.3, 0.4) is 0 Å². The number of rotatable bonds is 3. The van der Waals surface area contributed by atoms with Gasteiger partial charge in [0, 0.05) is 6.42 Å². The number of H-pyrrole nitrogens is 1. The van der Waals surface area contributed by atoms with Crippen molar-refractivity contribution in [2.24, 2.45) is 5.41 Å². The average molecular weight is 272 g/mol. The summed E-state index contributed by atoms with van der Waals surface area (Å²) in [7, 11) is 0. The first-order valence-electron chi connectivity index (χ1n) is 7.19. The molecule has 1 aliphatic carbocycles. The lowest BCUT2D eigenvalue weighted by molar-refractivity contribution is -0.148. The molecular formula is C16H20N2O2. The number of carboxylic acid groups (broad SMARTS) is 1. The van der Waals surface area contributed by atoms with Crippen molar-refractivity contribution in [2.45, 2.75) is 46.0 Å². The highest BCUT2D eigenvalue weighted by molar-refractivity contribution is 5.80. The van der Waals surface area contributed by atoms with Gasteiger partial charge < -0.3 is 10.1 Å². The molecule has 1 aliphatic rings. The van der Waals surface area contributed by atoms with Gasteiger partial charge in [-0.25, -0.2) is 4.98 Å². The van der Waals surface area contributed by atoms with Gasteiger partial charge >= 0.3 is 5.97 Å². The lowest BCUT2D eigenvalue weighted by Gasteiger charge is -2.22. The smallest absolute Gasteiger partial charge is 0.310 e. The first-order chi connectivity index (χ1) is 9.50. The van der Waals surface area contributed by atoms with Crippen LogP contribution in [0.4, 0.5) is 0 Å². The predicted octanol–water partition coefficient (Wildman–Crippen LogP) is 3.37. The molecule has 4 heteroatoms. The monoisotopic (exact) mass is 272 g/mol. The topological polar surface area (TPSA) is 66.0 Å². The summed E-state index contributed by atoms with van der Waals surface area (Å²) in [4.78, 5) is 19.6. The molecule has 0 saturated heterocycles. The zero-order valence-electron chi connectivity index (χ0n) is 12.0. The molecule has 0 spiro atoms. The van der Waals surface area contributed by atoms with Gasteiger partial charge in [-0.15, -0.1) is 0 Å². The molecule has 0 atom stereocenters. The standard InChI is InChI=1S/C16H20N2O2/c1-10-7-11(2)14-12(8-10)17-13(18-14)9-16(15(19)20)5-3-4-6-16/h7-8H,3-6,9H2,1-2H3,(H,17,18)(H,19,20). The van der Waals surface area contributed by atoms with E-state index in [0.717, 1.165) is 48.1 Å². The Hall–Kier alpha value is -1.84. The van der Waals surface area contributed by atoms with Gasteiger partial charge in [-0.05, 0) is 43.9 Å². The van der Waals surface area contributed by atoms with Gasteiger partial charge in [0.15, 0.2) is 0 Å². The lowest BCUT2D eigenvalue weighted by atomic mass is 9.82. The van der Waals surface area contributed by atoms with E-state index < -0.39 is 11.4 Å². The summed E-state index contributed by atoms with van der Waals surface area (Å²) >= 11 is 0. The summed E-state index contributed by atoms with van der Waals surface area (Å²) in [5, 5.41) is 9.56. The zero-order valence-corrected chi connectivity index (χ0v) is 12.0. The predicted molar refractivity (Wildman–Crippen MR) is 77.8 cm³/mol. The number of carboxylic acids is 1. The van der Waals surface area contributed by atoms with Gasteiger partial charge in [0.05, 0.1) is 16.4 Å². The van der Waals surface area contributed by atoms with Crippen molar-refractivity contribution >= 4 is 17.0 Å². The van der Waals surface area contributed by atoms with E-state index in [2.05, 4.69) is 29.0 Å². The van der Waals surface area contributed by atoms with Crippen LogP contribution in [0.5, 0.6) is 0 Å². The van der Waals surface area contributed by atoms with Crippen LogP contribution in [0.25, 0.3) is 11.0 Å². The third-order valence-electron chi connectivity index (χ3n) is 4.49. The number of hydrogen-bond donors (Lipinski definition) is 2. The summed E-state index contributed by atoms with van der Waals surface area (Å²) in [6.07, 6.45) is 4.04. The Morgan fingerprint density at radius 3 is 2.70 bits per heavy atom. The van der Waals surface area contributed by atoms with Gasteiger partial charge in [0.2, 0.25) is 0 Å². The second-order valence-corrected chi connectivity index (χ2v) is 6.13. The van der Waals surface area contributed by atoms with E-state index in [1.165, 1.54) is 5.56 Å². The lowest BCUT2D eigenvalue weighted by Crippen LogP contribution is -2.30. The van der Waals surface area contributed by atoms with Crippen LogP contribution in [0, 0.1) is 19.3 Å². The molecule has 4 nitrogen and oxygen atoms in total. The SMILES string of the molecule is Cc1cc(C)c2nc(CC3(C(=O)O)CCCC3)[nH]c2c1. The molecule has 20 heavy (non-hydrogen) atoms. The first kappa shape index (κ1) is 13.2. The Kier molecular flexibility index (Phi) is 3.04. The largest absolute Gasteiger partial charge is 0.481 e. The summed E-state index contributed by atoms with van der Waals surface area (Å²) in [5.41, 5.74) is 3.69. The van der Waals surface area contributed by atoms with Crippen molar-refractivity contribution in [3.63, 3.8) is 0 Å². The third kappa shape index (κ3) is 2.09. The van der Waals surface area contributed by atoms with Crippen LogP contribution in [0.1, 0.15) is 42.6 Å². The number of carbonyl (C=O) groups is 1. The van der Waals surface area contributed by atoms with Gasteiger partial charge in [-0.2, -0.15) is 0 Å². The Morgan fingerprint density at radius 2 is 2.05 bits per heavy atom. The Labute approximate surface area is 118 Å². The van der Waals surface area contributed by atoms with Crippen molar-refractivity contribution in [1.29, 1.82) is 0 Å². The third-order valence-corrected chi connectivity index (χ3v) is 4.49. The van der Waals surface area contributed by atoms with Crippen LogP contribution < -0.4 is 0 Å². The second-order valence-electron chi connectivity index (χ2n) is 6.13. The van der Waals surface area contributed by atoms with E-state index in [1.54, 1.807) is 0 Å². The fraction of sp³-hybridized carbons (Fsp3) is 0.500. The van der Waals surface area contributed by atoms with Gasteiger partial charge in [-0.3, -0.25) is 4.79 Å². The molecule has 0 aliphatic heterocycles. The number of fused-ring (bicyclic) bond motifs is 1. The summed E-state index contributed by atoms with van der Waals surface area (Å²) in [6.45, 7) is 4.10. The van der Waals surface area contributed by atoms with Crippen molar-refractivity contribution in [3.05, 3.63) is 29.1 Å². The van der Waals surface area contributed by atoms with E-state index in [-0.39, 0.29) is 0 Å². The highest BCUT2D eigenvalue weighted by Gasteiger charge is 2.42. The molecule has 1 aromatic heterocycles. The molecule has 0 amide bonds. The maximum atomic E-state index is 11.6. The van der Waals surface area contributed by atoms with Gasteiger partial charge in [0.1, 0.15) is 5.82 Å². The number of hydrogen-bond acceptors (Lipinski definition) is 2.